The van der Waals surface area contributed by atoms with Crippen molar-refractivity contribution >= 4 is 17.3 Å². The molecule has 92 valence electrons. The number of benzene rings is 1. The van der Waals surface area contributed by atoms with Gasteiger partial charge in [0.1, 0.15) is 0 Å². The van der Waals surface area contributed by atoms with E-state index >= 15 is 0 Å². The summed E-state index contributed by atoms with van der Waals surface area (Å²) in [6.45, 7) is 5.12. The molecular weight excluding hydrogens is 212 g/mol. The van der Waals surface area contributed by atoms with E-state index in [1.165, 1.54) is 17.7 Å². The van der Waals surface area contributed by atoms with E-state index in [2.05, 4.69) is 16.7 Å². The summed E-state index contributed by atoms with van der Waals surface area (Å²) in [5.41, 5.74) is 3.40. The minimum atomic E-state index is 0.0933. The Morgan fingerprint density at radius 2 is 2.29 bits per heavy atom. The summed E-state index contributed by atoms with van der Waals surface area (Å²) in [5, 5.41) is 6.31. The monoisotopic (exact) mass is 232 g/mol. The second kappa shape index (κ2) is 5.21. The third-order valence-electron chi connectivity index (χ3n) is 2.93. The summed E-state index contributed by atoms with van der Waals surface area (Å²) in [6, 6.07) is 6.13. The van der Waals surface area contributed by atoms with E-state index in [9.17, 15) is 4.79 Å². The number of nitrogens with one attached hydrogen (secondary N) is 2. The highest BCUT2D eigenvalue weighted by atomic mass is 16.1. The first-order chi connectivity index (χ1) is 8.15. The maximum atomic E-state index is 11.7. The maximum Gasteiger partial charge on any atom is 0.224 e. The standard InChI is InChI=1S/C14H20N2O/c1-10(2)8-14(17)16-12-6-5-11-4-3-7-15-13(11)9-12/h5-6,9-10,15H,3-4,7-8H2,1-2H3,(H,16,17). The number of carbonyl (C=O) groups is 1. The number of amides is 1. The first-order valence-electron chi connectivity index (χ1n) is 6.32. The number of fused-ring (bicyclic) bond motifs is 1. The molecule has 3 heteroatoms. The molecule has 1 aliphatic rings. The molecule has 0 saturated heterocycles. The van der Waals surface area contributed by atoms with E-state index in [0.717, 1.165) is 18.7 Å². The number of carbonyl (C=O) groups excluding carboxylic acids is 1. The second-order valence-corrected chi connectivity index (χ2v) is 5.05. The van der Waals surface area contributed by atoms with E-state index in [0.29, 0.717) is 12.3 Å². The van der Waals surface area contributed by atoms with Gasteiger partial charge in [-0.3, -0.25) is 4.79 Å². The summed E-state index contributed by atoms with van der Waals surface area (Å²) < 4.78 is 0. The molecule has 1 aliphatic heterocycles. The molecule has 0 aliphatic carbocycles. The van der Waals surface area contributed by atoms with Gasteiger partial charge in [-0.05, 0) is 36.5 Å². The van der Waals surface area contributed by atoms with Crippen LogP contribution in [0.25, 0.3) is 0 Å². The van der Waals surface area contributed by atoms with Crippen molar-refractivity contribution in [3.63, 3.8) is 0 Å². The van der Waals surface area contributed by atoms with Crippen LogP contribution in [0, 0.1) is 5.92 Å². The molecule has 0 aromatic heterocycles. The minimum absolute atomic E-state index is 0.0933. The third-order valence-corrected chi connectivity index (χ3v) is 2.93. The van der Waals surface area contributed by atoms with Gasteiger partial charge in [-0.25, -0.2) is 0 Å². The Bertz CT molecular complexity index is 413. The Balaban J connectivity index is 2.04. The van der Waals surface area contributed by atoms with E-state index in [-0.39, 0.29) is 5.91 Å². The van der Waals surface area contributed by atoms with Gasteiger partial charge in [-0.15, -0.1) is 0 Å². The predicted molar refractivity (Wildman–Crippen MR) is 71.3 cm³/mol. The molecule has 1 aromatic carbocycles. The largest absolute Gasteiger partial charge is 0.385 e. The molecule has 1 amide bonds. The average Bonchev–Trinajstić information content (AvgIpc) is 2.27. The Hall–Kier alpha value is -1.51. The molecule has 0 spiro atoms. The normalized spacial score (nSPS) is 14.1. The first-order valence-corrected chi connectivity index (χ1v) is 6.32. The van der Waals surface area contributed by atoms with Gasteiger partial charge in [0.2, 0.25) is 5.91 Å². The van der Waals surface area contributed by atoms with Gasteiger partial charge < -0.3 is 10.6 Å². The van der Waals surface area contributed by atoms with Crippen LogP contribution < -0.4 is 10.6 Å². The molecule has 3 nitrogen and oxygen atoms in total. The van der Waals surface area contributed by atoms with Crippen LogP contribution in [-0.4, -0.2) is 12.5 Å². The van der Waals surface area contributed by atoms with Gasteiger partial charge >= 0.3 is 0 Å². The highest BCUT2D eigenvalue weighted by Crippen LogP contribution is 2.25. The van der Waals surface area contributed by atoms with Crippen molar-refractivity contribution in [2.45, 2.75) is 33.1 Å². The van der Waals surface area contributed by atoms with Gasteiger partial charge in [-0.2, -0.15) is 0 Å². The van der Waals surface area contributed by atoms with Crippen molar-refractivity contribution in [3.05, 3.63) is 23.8 Å². The molecule has 0 atom stereocenters. The molecule has 1 aromatic rings. The second-order valence-electron chi connectivity index (χ2n) is 5.05. The topological polar surface area (TPSA) is 41.1 Å². The summed E-state index contributed by atoms with van der Waals surface area (Å²) >= 11 is 0. The number of hydrogen-bond acceptors (Lipinski definition) is 2. The molecule has 2 N–H and O–H groups in total. The van der Waals surface area contributed by atoms with Crippen LogP contribution in [0.3, 0.4) is 0 Å². The van der Waals surface area contributed by atoms with Gasteiger partial charge in [0, 0.05) is 24.3 Å². The maximum absolute atomic E-state index is 11.7. The molecule has 0 bridgehead atoms. The predicted octanol–water partition coefficient (Wildman–Crippen LogP) is 3.03. The fourth-order valence-corrected chi connectivity index (χ4v) is 2.12. The van der Waals surface area contributed by atoms with Gasteiger partial charge in [0.05, 0.1) is 0 Å². The third kappa shape index (κ3) is 3.22. The molecule has 0 unspecified atom stereocenters. The molecule has 2 rings (SSSR count). The van der Waals surface area contributed by atoms with Crippen molar-refractivity contribution in [2.24, 2.45) is 5.92 Å². The Labute approximate surface area is 103 Å². The molecule has 0 radical (unpaired) electrons. The number of aryl methyl sites for hydroxylation is 1. The summed E-state index contributed by atoms with van der Waals surface area (Å²) in [7, 11) is 0. The molecule has 0 saturated carbocycles. The van der Waals surface area contributed by atoms with Crippen LogP contribution in [0.4, 0.5) is 11.4 Å². The van der Waals surface area contributed by atoms with Crippen LogP contribution in [0.15, 0.2) is 18.2 Å². The van der Waals surface area contributed by atoms with E-state index < -0.39 is 0 Å². The summed E-state index contributed by atoms with van der Waals surface area (Å²) in [6.07, 6.45) is 2.89. The molecule has 0 fully saturated rings. The van der Waals surface area contributed by atoms with E-state index in [4.69, 9.17) is 0 Å². The Kier molecular flexibility index (Phi) is 3.67. The fourth-order valence-electron chi connectivity index (χ4n) is 2.12. The van der Waals surface area contributed by atoms with Crippen molar-refractivity contribution in [3.8, 4) is 0 Å². The van der Waals surface area contributed by atoms with Crippen LogP contribution in [0.5, 0.6) is 0 Å². The van der Waals surface area contributed by atoms with Crippen LogP contribution in [0.1, 0.15) is 32.3 Å². The molecule has 1 heterocycles. The Morgan fingerprint density at radius 3 is 3.06 bits per heavy atom. The number of rotatable bonds is 3. The Morgan fingerprint density at radius 1 is 1.47 bits per heavy atom. The van der Waals surface area contributed by atoms with Crippen LogP contribution >= 0.6 is 0 Å². The highest BCUT2D eigenvalue weighted by Gasteiger charge is 2.10. The zero-order valence-corrected chi connectivity index (χ0v) is 10.5. The lowest BCUT2D eigenvalue weighted by Crippen LogP contribution is -2.15. The lowest BCUT2D eigenvalue weighted by atomic mass is 10.0. The summed E-state index contributed by atoms with van der Waals surface area (Å²) in [4.78, 5) is 11.7. The van der Waals surface area contributed by atoms with Gasteiger partial charge in [0.15, 0.2) is 0 Å². The summed E-state index contributed by atoms with van der Waals surface area (Å²) in [5.74, 6) is 0.488. The average molecular weight is 232 g/mol. The smallest absolute Gasteiger partial charge is 0.224 e. The van der Waals surface area contributed by atoms with E-state index in [1.54, 1.807) is 0 Å². The van der Waals surface area contributed by atoms with Crippen molar-refractivity contribution in [2.75, 3.05) is 17.2 Å². The molecular formula is C14H20N2O. The zero-order chi connectivity index (χ0) is 12.3. The number of hydrogen-bond donors (Lipinski definition) is 2. The van der Waals surface area contributed by atoms with E-state index in [1.807, 2.05) is 26.0 Å². The highest BCUT2D eigenvalue weighted by molar-refractivity contribution is 5.91. The quantitative estimate of drug-likeness (QED) is 0.841. The first kappa shape index (κ1) is 12.0. The van der Waals surface area contributed by atoms with Crippen molar-refractivity contribution in [1.82, 2.24) is 0 Å². The van der Waals surface area contributed by atoms with Crippen LogP contribution in [-0.2, 0) is 11.2 Å². The number of anilines is 2. The van der Waals surface area contributed by atoms with Crippen molar-refractivity contribution < 1.29 is 4.79 Å². The lowest BCUT2D eigenvalue weighted by Gasteiger charge is -2.19. The van der Waals surface area contributed by atoms with Gasteiger partial charge in [0.25, 0.3) is 0 Å². The molecule has 17 heavy (non-hydrogen) atoms. The van der Waals surface area contributed by atoms with Crippen LogP contribution in [0.2, 0.25) is 0 Å². The SMILES string of the molecule is CC(C)CC(=O)Nc1ccc2c(c1)NCCC2. The fraction of sp³-hybridized carbons (Fsp3) is 0.500. The van der Waals surface area contributed by atoms with Crippen molar-refractivity contribution in [1.29, 1.82) is 0 Å². The zero-order valence-electron chi connectivity index (χ0n) is 10.5. The lowest BCUT2D eigenvalue weighted by molar-refractivity contribution is -0.116. The van der Waals surface area contributed by atoms with Gasteiger partial charge in [-0.1, -0.05) is 19.9 Å². The minimum Gasteiger partial charge on any atom is -0.385 e.